The molecule has 6 heteroatoms. The topological polar surface area (TPSA) is 50.6 Å². The Labute approximate surface area is 186 Å². The van der Waals surface area contributed by atoms with Crippen LogP contribution in [0.3, 0.4) is 0 Å². The molecule has 1 aromatic heterocycles. The number of aryl methyl sites for hydroxylation is 2. The van der Waals surface area contributed by atoms with Gasteiger partial charge in [0, 0.05) is 58.0 Å². The average molecular weight is 425 g/mol. The van der Waals surface area contributed by atoms with E-state index in [4.69, 9.17) is 9.72 Å². The zero-order valence-corrected chi connectivity index (χ0v) is 19.6. The summed E-state index contributed by atoms with van der Waals surface area (Å²) in [6.45, 7) is 13.2. The van der Waals surface area contributed by atoms with Crippen LogP contribution in [0.2, 0.25) is 0 Å². The predicted octanol–water partition coefficient (Wildman–Crippen LogP) is 3.55. The van der Waals surface area contributed by atoms with Gasteiger partial charge in [0.2, 0.25) is 5.91 Å². The van der Waals surface area contributed by atoms with Crippen LogP contribution in [-0.4, -0.2) is 65.2 Å². The van der Waals surface area contributed by atoms with E-state index in [1.54, 1.807) is 7.11 Å². The first-order valence-corrected chi connectivity index (χ1v) is 11.4. The molecule has 0 N–H and O–H groups in total. The normalized spacial score (nSPS) is 24.3. The molecule has 2 saturated heterocycles. The molecular weight excluding hydrogens is 388 g/mol. The Balaban J connectivity index is 1.62. The zero-order chi connectivity index (χ0) is 22.2. The number of hydrogen-bond donors (Lipinski definition) is 0. The summed E-state index contributed by atoms with van der Waals surface area (Å²) in [6.07, 6.45) is 4.96. The Morgan fingerprint density at radius 3 is 2.61 bits per heavy atom. The van der Waals surface area contributed by atoms with E-state index in [0.29, 0.717) is 19.2 Å². The molecule has 1 aromatic carbocycles. The molecule has 0 saturated carbocycles. The van der Waals surface area contributed by atoms with Gasteiger partial charge in [-0.3, -0.25) is 9.69 Å². The first-order valence-electron chi connectivity index (χ1n) is 11.4. The van der Waals surface area contributed by atoms with Gasteiger partial charge >= 0.3 is 0 Å². The van der Waals surface area contributed by atoms with Gasteiger partial charge in [-0.15, -0.1) is 0 Å². The van der Waals surface area contributed by atoms with E-state index in [0.717, 1.165) is 38.3 Å². The Kier molecular flexibility index (Phi) is 6.22. The molecule has 1 amide bonds. The number of methoxy groups -OCH3 is 1. The molecule has 0 radical (unpaired) electrons. The number of imidazole rings is 1. The van der Waals surface area contributed by atoms with Gasteiger partial charge in [0.15, 0.2) is 0 Å². The van der Waals surface area contributed by atoms with Crippen molar-refractivity contribution in [2.45, 2.75) is 52.6 Å². The highest BCUT2D eigenvalue weighted by Gasteiger charge is 2.57. The third-order valence-electron chi connectivity index (χ3n) is 6.98. The maximum absolute atomic E-state index is 13.7. The van der Waals surface area contributed by atoms with E-state index in [1.807, 2.05) is 11.2 Å². The number of rotatable bonds is 7. The van der Waals surface area contributed by atoms with E-state index >= 15 is 0 Å². The van der Waals surface area contributed by atoms with Gasteiger partial charge in [-0.05, 0) is 39.7 Å². The first kappa shape index (κ1) is 22.0. The van der Waals surface area contributed by atoms with E-state index in [-0.39, 0.29) is 17.2 Å². The highest BCUT2D eigenvalue weighted by molar-refractivity contribution is 5.86. The summed E-state index contributed by atoms with van der Waals surface area (Å²) in [5.41, 5.74) is 4.57. The number of carbonyl (C=O) groups is 1. The largest absolute Gasteiger partial charge is 0.383 e. The third kappa shape index (κ3) is 4.28. The van der Waals surface area contributed by atoms with Crippen LogP contribution in [0.25, 0.3) is 0 Å². The van der Waals surface area contributed by atoms with Crippen molar-refractivity contribution in [2.75, 3.05) is 39.9 Å². The van der Waals surface area contributed by atoms with Crippen molar-refractivity contribution in [1.29, 1.82) is 0 Å². The number of amides is 1. The quantitative estimate of drug-likeness (QED) is 0.682. The molecule has 168 valence electrons. The van der Waals surface area contributed by atoms with E-state index < -0.39 is 0 Å². The van der Waals surface area contributed by atoms with Gasteiger partial charge in [-0.25, -0.2) is 4.98 Å². The summed E-state index contributed by atoms with van der Waals surface area (Å²) in [6, 6.07) is 7.11. The van der Waals surface area contributed by atoms with Crippen LogP contribution in [0.4, 0.5) is 0 Å². The molecule has 2 fully saturated rings. The van der Waals surface area contributed by atoms with Crippen LogP contribution >= 0.6 is 0 Å². The minimum Gasteiger partial charge on any atom is -0.383 e. The number of likely N-dealkylation sites (tertiary alicyclic amines) is 2. The van der Waals surface area contributed by atoms with Crippen molar-refractivity contribution in [3.05, 3.63) is 53.1 Å². The van der Waals surface area contributed by atoms with Crippen molar-refractivity contribution in [3.63, 3.8) is 0 Å². The summed E-state index contributed by atoms with van der Waals surface area (Å²) < 4.78 is 7.40. The van der Waals surface area contributed by atoms with Crippen LogP contribution in [0.5, 0.6) is 0 Å². The highest BCUT2D eigenvalue weighted by Crippen LogP contribution is 2.49. The molecule has 6 nitrogen and oxygen atoms in total. The van der Waals surface area contributed by atoms with Crippen LogP contribution in [0.15, 0.2) is 30.7 Å². The van der Waals surface area contributed by atoms with Crippen molar-refractivity contribution < 1.29 is 9.53 Å². The summed E-state index contributed by atoms with van der Waals surface area (Å²) in [5.74, 6) is 0.398. The van der Waals surface area contributed by atoms with Gasteiger partial charge in [0.25, 0.3) is 0 Å². The van der Waals surface area contributed by atoms with E-state index in [2.05, 4.69) is 61.6 Å². The molecule has 0 bridgehead atoms. The minimum atomic E-state index is -0.386. The van der Waals surface area contributed by atoms with Gasteiger partial charge in [-0.1, -0.05) is 29.3 Å². The monoisotopic (exact) mass is 424 g/mol. The number of aromatic nitrogens is 2. The summed E-state index contributed by atoms with van der Waals surface area (Å²) >= 11 is 0. The smallest absolute Gasteiger partial charge is 0.230 e. The van der Waals surface area contributed by atoms with Crippen molar-refractivity contribution >= 4 is 5.91 Å². The molecular formula is C25H36N4O2. The molecule has 0 unspecified atom stereocenters. The van der Waals surface area contributed by atoms with Crippen LogP contribution in [0, 0.1) is 19.3 Å². The second-order valence-corrected chi connectivity index (χ2v) is 9.75. The number of carbonyl (C=O) groups excluding carboxylic acids is 1. The van der Waals surface area contributed by atoms with Crippen molar-refractivity contribution in [2.24, 2.45) is 5.41 Å². The summed E-state index contributed by atoms with van der Waals surface area (Å²) in [4.78, 5) is 22.9. The average Bonchev–Trinajstić information content (AvgIpc) is 3.39. The molecule has 31 heavy (non-hydrogen) atoms. The fourth-order valence-corrected chi connectivity index (χ4v) is 5.48. The van der Waals surface area contributed by atoms with Gasteiger partial charge < -0.3 is 14.2 Å². The minimum absolute atomic E-state index is 0.124. The van der Waals surface area contributed by atoms with Crippen molar-refractivity contribution in [3.8, 4) is 0 Å². The molecule has 1 spiro atoms. The maximum Gasteiger partial charge on any atom is 0.230 e. The van der Waals surface area contributed by atoms with Gasteiger partial charge in [0.05, 0.1) is 24.0 Å². The Morgan fingerprint density at radius 2 is 1.97 bits per heavy atom. The fourth-order valence-electron chi connectivity index (χ4n) is 5.48. The van der Waals surface area contributed by atoms with Crippen LogP contribution < -0.4 is 0 Å². The lowest BCUT2D eigenvalue weighted by molar-refractivity contribution is -0.136. The summed E-state index contributed by atoms with van der Waals surface area (Å²) in [5, 5.41) is 0. The van der Waals surface area contributed by atoms with E-state index in [1.165, 1.54) is 16.7 Å². The second kappa shape index (κ2) is 8.75. The van der Waals surface area contributed by atoms with Crippen molar-refractivity contribution in [1.82, 2.24) is 19.4 Å². The SMILES string of the molecule is COCCN1CC[C@@]2(CN(Cc3cc(C)cc(C)c3)C[C@@H]2c2cn(C(C)C)cn2)C1=O. The second-order valence-electron chi connectivity index (χ2n) is 9.75. The van der Waals surface area contributed by atoms with Gasteiger partial charge in [0.1, 0.15) is 0 Å². The predicted molar refractivity (Wildman–Crippen MR) is 122 cm³/mol. The Bertz CT molecular complexity index is 917. The lowest BCUT2D eigenvalue weighted by Crippen LogP contribution is -2.40. The van der Waals surface area contributed by atoms with Crippen LogP contribution in [0.1, 0.15) is 54.6 Å². The Morgan fingerprint density at radius 1 is 1.23 bits per heavy atom. The highest BCUT2D eigenvalue weighted by atomic mass is 16.5. The maximum atomic E-state index is 13.7. The standard InChI is InChI=1S/C25H36N4O2/c1-18(2)29-15-23(26-17-29)22-14-27(13-21-11-19(3)10-20(4)12-21)16-25(22)6-7-28(24(25)30)8-9-31-5/h10-12,15,17-18,22H,6-9,13-14,16H2,1-5H3/t22-,25+/m1/s1. The van der Waals surface area contributed by atoms with Crippen LogP contribution in [-0.2, 0) is 16.1 Å². The molecule has 2 aliphatic heterocycles. The Hall–Kier alpha value is -2.18. The number of nitrogens with zero attached hydrogens (tertiary/aromatic N) is 4. The molecule has 2 aromatic rings. The molecule has 2 atom stereocenters. The number of benzene rings is 1. The summed E-state index contributed by atoms with van der Waals surface area (Å²) in [7, 11) is 1.69. The van der Waals surface area contributed by atoms with Gasteiger partial charge in [-0.2, -0.15) is 0 Å². The molecule has 0 aliphatic carbocycles. The molecule has 4 rings (SSSR count). The zero-order valence-electron chi connectivity index (χ0n) is 19.6. The lowest BCUT2D eigenvalue weighted by Gasteiger charge is -2.28. The number of ether oxygens (including phenoxy) is 1. The fraction of sp³-hybridized carbons (Fsp3) is 0.600. The molecule has 2 aliphatic rings. The molecule has 3 heterocycles. The van der Waals surface area contributed by atoms with E-state index in [9.17, 15) is 4.79 Å². The third-order valence-corrected chi connectivity index (χ3v) is 6.98. The number of hydrogen-bond acceptors (Lipinski definition) is 4. The lowest BCUT2D eigenvalue weighted by atomic mass is 9.75. The first-order chi connectivity index (χ1) is 14.8.